The molecular formula is C25H20N4O3. The summed E-state index contributed by atoms with van der Waals surface area (Å²) in [7, 11) is 0. The number of hydrogen-bond donors (Lipinski definition) is 1. The van der Waals surface area contributed by atoms with Crippen LogP contribution >= 0.6 is 0 Å². The van der Waals surface area contributed by atoms with Crippen LogP contribution in [0.15, 0.2) is 71.5 Å². The Hall–Kier alpha value is -4.33. The topological polar surface area (TPSA) is 97.1 Å². The zero-order valence-corrected chi connectivity index (χ0v) is 17.4. The highest BCUT2D eigenvalue weighted by Gasteiger charge is 2.12. The quantitative estimate of drug-likeness (QED) is 0.471. The number of rotatable bonds is 6. The van der Waals surface area contributed by atoms with Gasteiger partial charge in [0.1, 0.15) is 29.4 Å². The SMILES string of the molecule is C[C@H](O)c1nccn1Cc1cc(-c2ccc(C#Cc3cccc(OCC#N)c3)cc2)on1. The minimum Gasteiger partial charge on any atom is -0.479 e. The molecule has 0 unspecified atom stereocenters. The standard InChI is InChI=1S/C25H20N4O3/c1-18(30)25-27-12-13-29(25)17-22-16-24(32-28-22)21-9-7-19(8-10-21)5-6-20-3-2-4-23(15-20)31-14-11-26/h2-4,7-10,12-13,15-16,18,30H,14,17H2,1H3/t18-/m0/s1. The number of aromatic nitrogens is 3. The third-order valence-electron chi connectivity index (χ3n) is 4.67. The first-order valence-corrected chi connectivity index (χ1v) is 9.99. The Balaban J connectivity index is 1.44. The van der Waals surface area contributed by atoms with Crippen LogP contribution in [0.3, 0.4) is 0 Å². The molecule has 0 aliphatic carbocycles. The van der Waals surface area contributed by atoms with Crippen molar-refractivity contribution in [3.63, 3.8) is 0 Å². The van der Waals surface area contributed by atoms with Crippen molar-refractivity contribution in [3.05, 3.63) is 89.6 Å². The second kappa shape index (κ2) is 9.65. The molecule has 7 nitrogen and oxygen atoms in total. The summed E-state index contributed by atoms with van der Waals surface area (Å²) in [6.07, 6.45) is 2.80. The maximum absolute atomic E-state index is 9.79. The van der Waals surface area contributed by atoms with E-state index in [-0.39, 0.29) is 6.61 Å². The first-order valence-electron chi connectivity index (χ1n) is 9.99. The molecular weight excluding hydrogens is 404 g/mol. The highest BCUT2D eigenvalue weighted by Crippen LogP contribution is 2.22. The van der Waals surface area contributed by atoms with Crippen molar-refractivity contribution in [1.29, 1.82) is 5.26 Å². The Kier molecular flexibility index (Phi) is 6.31. The fourth-order valence-electron chi connectivity index (χ4n) is 3.16. The van der Waals surface area contributed by atoms with Gasteiger partial charge >= 0.3 is 0 Å². The van der Waals surface area contributed by atoms with Crippen molar-refractivity contribution < 1.29 is 14.4 Å². The molecule has 0 spiro atoms. The number of ether oxygens (including phenoxy) is 1. The van der Waals surface area contributed by atoms with Crippen LogP contribution in [0.4, 0.5) is 0 Å². The predicted octanol–water partition coefficient (Wildman–Crippen LogP) is 3.94. The highest BCUT2D eigenvalue weighted by atomic mass is 16.5. The highest BCUT2D eigenvalue weighted by molar-refractivity contribution is 5.59. The van der Waals surface area contributed by atoms with E-state index in [0.717, 1.165) is 22.4 Å². The Bertz CT molecular complexity index is 1300. The van der Waals surface area contributed by atoms with Crippen LogP contribution in [0.25, 0.3) is 11.3 Å². The second-order valence-corrected chi connectivity index (χ2v) is 7.07. The summed E-state index contributed by atoms with van der Waals surface area (Å²) in [6, 6.07) is 18.8. The van der Waals surface area contributed by atoms with Crippen molar-refractivity contribution in [2.45, 2.75) is 19.6 Å². The molecule has 0 aliphatic heterocycles. The Labute approximate surface area is 185 Å². The Morgan fingerprint density at radius 2 is 1.94 bits per heavy atom. The smallest absolute Gasteiger partial charge is 0.174 e. The lowest BCUT2D eigenvalue weighted by atomic mass is 10.1. The van der Waals surface area contributed by atoms with Crippen LogP contribution in [0.1, 0.15) is 35.7 Å². The van der Waals surface area contributed by atoms with Gasteiger partial charge in [-0.25, -0.2) is 4.98 Å². The predicted molar refractivity (Wildman–Crippen MR) is 117 cm³/mol. The van der Waals surface area contributed by atoms with Crippen LogP contribution in [-0.2, 0) is 6.54 Å². The van der Waals surface area contributed by atoms with Gasteiger partial charge in [0.2, 0.25) is 0 Å². The number of aliphatic hydroxyl groups excluding tert-OH is 1. The summed E-state index contributed by atoms with van der Waals surface area (Å²) in [5.41, 5.74) is 3.29. The molecule has 32 heavy (non-hydrogen) atoms. The van der Waals surface area contributed by atoms with E-state index in [1.54, 1.807) is 31.5 Å². The number of imidazole rings is 1. The van der Waals surface area contributed by atoms with Crippen LogP contribution in [-0.4, -0.2) is 26.4 Å². The van der Waals surface area contributed by atoms with Gasteiger partial charge in [0.15, 0.2) is 12.4 Å². The van der Waals surface area contributed by atoms with E-state index in [9.17, 15) is 5.11 Å². The third-order valence-corrected chi connectivity index (χ3v) is 4.67. The fraction of sp³-hybridized carbons (Fsp3) is 0.160. The minimum absolute atomic E-state index is 0.00569. The van der Waals surface area contributed by atoms with E-state index < -0.39 is 6.10 Å². The molecule has 7 heteroatoms. The van der Waals surface area contributed by atoms with Gasteiger partial charge in [-0.1, -0.05) is 23.1 Å². The summed E-state index contributed by atoms with van der Waals surface area (Å²) < 4.78 is 12.6. The molecule has 0 fully saturated rings. The van der Waals surface area contributed by atoms with Gasteiger partial charge in [0.05, 0.1) is 6.54 Å². The molecule has 158 valence electrons. The first-order chi connectivity index (χ1) is 15.6. The maximum atomic E-state index is 9.79. The average Bonchev–Trinajstić information content (AvgIpc) is 3.47. The van der Waals surface area contributed by atoms with Gasteiger partial charge in [-0.15, -0.1) is 0 Å². The second-order valence-electron chi connectivity index (χ2n) is 7.07. The molecule has 0 radical (unpaired) electrons. The van der Waals surface area contributed by atoms with Gasteiger partial charge in [0.25, 0.3) is 0 Å². The van der Waals surface area contributed by atoms with Crippen molar-refractivity contribution in [2.75, 3.05) is 6.61 Å². The third kappa shape index (κ3) is 5.04. The maximum Gasteiger partial charge on any atom is 0.174 e. The lowest BCUT2D eigenvalue weighted by Crippen LogP contribution is -2.07. The Morgan fingerprint density at radius 1 is 1.12 bits per heavy atom. The fourth-order valence-corrected chi connectivity index (χ4v) is 3.16. The van der Waals surface area contributed by atoms with E-state index in [1.165, 1.54) is 0 Å². The lowest BCUT2D eigenvalue weighted by Gasteiger charge is -2.07. The van der Waals surface area contributed by atoms with Crippen LogP contribution in [0.2, 0.25) is 0 Å². The zero-order valence-electron chi connectivity index (χ0n) is 17.4. The Morgan fingerprint density at radius 3 is 2.72 bits per heavy atom. The van der Waals surface area contributed by atoms with E-state index >= 15 is 0 Å². The van der Waals surface area contributed by atoms with Crippen LogP contribution in [0.5, 0.6) is 5.75 Å². The van der Waals surface area contributed by atoms with E-state index in [4.69, 9.17) is 14.5 Å². The number of nitriles is 1. The molecule has 0 saturated heterocycles. The van der Waals surface area contributed by atoms with Gasteiger partial charge in [-0.3, -0.25) is 0 Å². The molecule has 0 saturated carbocycles. The first kappa shape index (κ1) is 20.9. The number of aliphatic hydroxyl groups is 1. The summed E-state index contributed by atoms with van der Waals surface area (Å²) in [5.74, 6) is 8.08. The van der Waals surface area contributed by atoms with E-state index in [1.807, 2.05) is 53.1 Å². The normalized spacial score (nSPS) is 11.3. The van der Waals surface area contributed by atoms with Crippen LogP contribution < -0.4 is 4.74 Å². The van der Waals surface area contributed by atoms with Crippen molar-refractivity contribution in [2.24, 2.45) is 0 Å². The molecule has 4 rings (SSSR count). The van der Waals surface area contributed by atoms with Crippen molar-refractivity contribution in [3.8, 4) is 35.0 Å². The molecule has 0 bridgehead atoms. The zero-order chi connectivity index (χ0) is 22.3. The number of nitrogens with zero attached hydrogens (tertiary/aromatic N) is 4. The molecule has 0 aliphatic rings. The lowest BCUT2D eigenvalue weighted by molar-refractivity contribution is 0.184. The molecule has 0 amide bonds. The molecule has 2 aromatic heterocycles. The van der Waals surface area contributed by atoms with Crippen molar-refractivity contribution >= 4 is 0 Å². The minimum atomic E-state index is -0.655. The van der Waals surface area contributed by atoms with Gasteiger partial charge in [-0.2, -0.15) is 5.26 Å². The molecule has 4 aromatic rings. The van der Waals surface area contributed by atoms with Gasteiger partial charge in [-0.05, 0) is 49.4 Å². The summed E-state index contributed by atoms with van der Waals surface area (Å²) in [6.45, 7) is 2.15. The van der Waals surface area contributed by atoms with Gasteiger partial charge in [0, 0.05) is 35.2 Å². The van der Waals surface area contributed by atoms with E-state index in [0.29, 0.717) is 23.9 Å². The van der Waals surface area contributed by atoms with Gasteiger partial charge < -0.3 is 18.9 Å². The summed E-state index contributed by atoms with van der Waals surface area (Å²) in [5, 5.41) is 22.5. The van der Waals surface area contributed by atoms with E-state index in [2.05, 4.69) is 22.0 Å². The monoisotopic (exact) mass is 424 g/mol. The molecule has 2 heterocycles. The average molecular weight is 424 g/mol. The number of benzene rings is 2. The van der Waals surface area contributed by atoms with Crippen LogP contribution in [0, 0.1) is 23.2 Å². The molecule has 2 aromatic carbocycles. The van der Waals surface area contributed by atoms with Crippen molar-refractivity contribution in [1.82, 2.24) is 14.7 Å². The molecule has 1 atom stereocenters. The number of hydrogen-bond acceptors (Lipinski definition) is 6. The summed E-state index contributed by atoms with van der Waals surface area (Å²) >= 11 is 0. The summed E-state index contributed by atoms with van der Waals surface area (Å²) in [4.78, 5) is 4.17. The largest absolute Gasteiger partial charge is 0.479 e. The molecule has 1 N–H and O–H groups in total.